The summed E-state index contributed by atoms with van der Waals surface area (Å²) < 4.78 is 19.9. The van der Waals surface area contributed by atoms with Gasteiger partial charge in [-0.15, -0.1) is 15.0 Å². The highest BCUT2D eigenvalue weighted by atomic mass is 16.5. The summed E-state index contributed by atoms with van der Waals surface area (Å²) in [6, 6.07) is 0.342. The fourth-order valence-electron chi connectivity index (χ4n) is 1.09. The number of hydrogen-bond acceptors (Lipinski definition) is 8. The number of aromatic nitrogens is 3. The molecule has 0 spiro atoms. The van der Waals surface area contributed by atoms with Crippen molar-refractivity contribution in [3.8, 4) is 18.0 Å². The molecule has 0 aromatic carbocycles. The summed E-state index contributed by atoms with van der Waals surface area (Å²) >= 11 is 0. The van der Waals surface area contributed by atoms with Crippen LogP contribution in [0.5, 0.6) is 18.0 Å². The van der Waals surface area contributed by atoms with Gasteiger partial charge < -0.3 is 18.9 Å². The molecule has 0 saturated heterocycles. The van der Waals surface area contributed by atoms with Gasteiger partial charge in [0.1, 0.15) is 19.8 Å². The first-order chi connectivity index (χ1) is 12.0. The average molecular weight is 349 g/mol. The lowest BCUT2D eigenvalue weighted by molar-refractivity contribution is -0.136. The van der Waals surface area contributed by atoms with Crippen LogP contribution in [0.25, 0.3) is 0 Å². The standard InChI is InChI=1S/C12H15N3O3.C5H8O2/c1-4-7-16-10-13-11(17-8-5-2)15-12(14-10)18-9-6-3;1-4(2)5(6)7-3/h4-6H,1-3,7-9H2;1H2,2-3H3. The molecule has 1 rings (SSSR count). The SMILES string of the molecule is C=C(C)C(=O)OC.C=CCOc1nc(OCC=C)nc(OCC=C)n1. The topological polar surface area (TPSA) is 92.7 Å². The molecule has 136 valence electrons. The number of methoxy groups -OCH3 is 1. The second-order valence-electron chi connectivity index (χ2n) is 4.25. The molecule has 1 heterocycles. The van der Waals surface area contributed by atoms with Crippen LogP contribution in [0, 0.1) is 0 Å². The maximum Gasteiger partial charge on any atom is 0.332 e. The summed E-state index contributed by atoms with van der Waals surface area (Å²) in [5.74, 6) is -0.347. The Morgan fingerprint density at radius 1 is 0.880 bits per heavy atom. The third-order valence-electron chi connectivity index (χ3n) is 2.10. The Kier molecular flexibility index (Phi) is 11.6. The van der Waals surface area contributed by atoms with Crippen LogP contribution in [0.3, 0.4) is 0 Å². The Labute approximate surface area is 147 Å². The molecule has 8 nitrogen and oxygen atoms in total. The molecule has 0 atom stereocenters. The van der Waals surface area contributed by atoms with Gasteiger partial charge in [-0.25, -0.2) is 4.79 Å². The largest absolute Gasteiger partial charge is 0.466 e. The van der Waals surface area contributed by atoms with Crippen molar-refractivity contribution in [2.75, 3.05) is 26.9 Å². The van der Waals surface area contributed by atoms with Crippen molar-refractivity contribution >= 4 is 5.97 Å². The minimum atomic E-state index is -0.347. The van der Waals surface area contributed by atoms with E-state index in [1.54, 1.807) is 25.2 Å². The Balaban J connectivity index is 0.000000697. The number of ether oxygens (including phenoxy) is 4. The zero-order valence-electron chi connectivity index (χ0n) is 14.6. The average Bonchev–Trinajstić information content (AvgIpc) is 2.62. The molecule has 0 fully saturated rings. The summed E-state index contributed by atoms with van der Waals surface area (Å²) in [7, 11) is 1.33. The van der Waals surface area contributed by atoms with Crippen LogP contribution in [-0.4, -0.2) is 47.9 Å². The van der Waals surface area contributed by atoms with Gasteiger partial charge in [-0.2, -0.15) is 0 Å². The number of nitrogens with zero attached hydrogens (tertiary/aromatic N) is 3. The molecular formula is C17H23N3O5. The predicted molar refractivity (Wildman–Crippen MR) is 93.7 cm³/mol. The molecule has 0 bridgehead atoms. The van der Waals surface area contributed by atoms with Gasteiger partial charge in [0, 0.05) is 5.57 Å². The van der Waals surface area contributed by atoms with Gasteiger partial charge in [0.2, 0.25) is 0 Å². The third-order valence-corrected chi connectivity index (χ3v) is 2.10. The summed E-state index contributed by atoms with van der Waals surface area (Å²) in [6.45, 7) is 16.4. The predicted octanol–water partition coefficient (Wildman–Crippen LogP) is 2.30. The van der Waals surface area contributed by atoms with Gasteiger partial charge in [0.05, 0.1) is 7.11 Å². The van der Waals surface area contributed by atoms with E-state index in [0.29, 0.717) is 5.57 Å². The van der Waals surface area contributed by atoms with E-state index >= 15 is 0 Å². The van der Waals surface area contributed by atoms with E-state index in [9.17, 15) is 4.79 Å². The summed E-state index contributed by atoms with van der Waals surface area (Å²) in [5.41, 5.74) is 0.433. The minimum Gasteiger partial charge on any atom is -0.466 e. The molecule has 25 heavy (non-hydrogen) atoms. The lowest BCUT2D eigenvalue weighted by Gasteiger charge is -2.07. The molecule has 0 radical (unpaired) electrons. The van der Waals surface area contributed by atoms with Gasteiger partial charge in [0.25, 0.3) is 0 Å². The van der Waals surface area contributed by atoms with E-state index in [1.165, 1.54) is 7.11 Å². The van der Waals surface area contributed by atoms with Crippen molar-refractivity contribution in [2.24, 2.45) is 0 Å². The zero-order chi connectivity index (χ0) is 19.1. The van der Waals surface area contributed by atoms with Crippen molar-refractivity contribution in [3.63, 3.8) is 0 Å². The molecule has 0 aliphatic rings. The highest BCUT2D eigenvalue weighted by Gasteiger charge is 2.08. The molecule has 8 heteroatoms. The summed E-state index contributed by atoms with van der Waals surface area (Å²) in [4.78, 5) is 22.0. The van der Waals surface area contributed by atoms with Crippen molar-refractivity contribution in [3.05, 3.63) is 50.1 Å². The number of carbonyl (C=O) groups is 1. The van der Waals surface area contributed by atoms with Gasteiger partial charge in [-0.1, -0.05) is 44.5 Å². The van der Waals surface area contributed by atoms with Gasteiger partial charge in [-0.3, -0.25) is 0 Å². The van der Waals surface area contributed by atoms with Gasteiger partial charge >= 0.3 is 24.0 Å². The maximum atomic E-state index is 10.2. The molecule has 0 saturated carbocycles. The Bertz CT molecular complexity index is 528. The number of esters is 1. The first-order valence-corrected chi connectivity index (χ1v) is 7.19. The van der Waals surface area contributed by atoms with E-state index in [1.807, 2.05) is 0 Å². The van der Waals surface area contributed by atoms with Crippen molar-refractivity contribution in [2.45, 2.75) is 6.92 Å². The highest BCUT2D eigenvalue weighted by molar-refractivity contribution is 5.86. The number of hydrogen-bond donors (Lipinski definition) is 0. The smallest absolute Gasteiger partial charge is 0.332 e. The Morgan fingerprint density at radius 2 is 1.20 bits per heavy atom. The van der Waals surface area contributed by atoms with Crippen LogP contribution in [0.4, 0.5) is 0 Å². The van der Waals surface area contributed by atoms with Crippen LogP contribution in [0.1, 0.15) is 6.92 Å². The van der Waals surface area contributed by atoms with Gasteiger partial charge in [0.15, 0.2) is 0 Å². The summed E-state index contributed by atoms with van der Waals surface area (Å²) in [5, 5.41) is 0. The first kappa shape index (κ1) is 21.8. The minimum absolute atomic E-state index is 0.114. The zero-order valence-corrected chi connectivity index (χ0v) is 14.6. The molecule has 0 N–H and O–H groups in total. The van der Waals surface area contributed by atoms with Crippen molar-refractivity contribution < 1.29 is 23.7 Å². The third kappa shape index (κ3) is 10.3. The second-order valence-corrected chi connectivity index (χ2v) is 4.25. The van der Waals surface area contributed by atoms with E-state index in [2.05, 4.69) is 46.0 Å². The summed E-state index contributed by atoms with van der Waals surface area (Å²) in [6.07, 6.45) is 4.75. The highest BCUT2D eigenvalue weighted by Crippen LogP contribution is 2.14. The Hall–Kier alpha value is -3.16. The molecule has 0 amide bonds. The van der Waals surface area contributed by atoms with E-state index < -0.39 is 0 Å². The van der Waals surface area contributed by atoms with Crippen molar-refractivity contribution in [1.29, 1.82) is 0 Å². The monoisotopic (exact) mass is 349 g/mol. The lowest BCUT2D eigenvalue weighted by Crippen LogP contribution is -2.07. The second kappa shape index (κ2) is 13.3. The van der Waals surface area contributed by atoms with Crippen LogP contribution in [-0.2, 0) is 9.53 Å². The molecule has 0 aliphatic carbocycles. The number of rotatable bonds is 10. The fourth-order valence-corrected chi connectivity index (χ4v) is 1.09. The van der Waals surface area contributed by atoms with Crippen LogP contribution < -0.4 is 14.2 Å². The van der Waals surface area contributed by atoms with Crippen LogP contribution in [0.2, 0.25) is 0 Å². The fraction of sp³-hybridized carbons (Fsp3) is 0.294. The normalized spacial score (nSPS) is 8.88. The Morgan fingerprint density at radius 3 is 1.36 bits per heavy atom. The molecule has 1 aromatic heterocycles. The molecule has 0 unspecified atom stereocenters. The van der Waals surface area contributed by atoms with Gasteiger partial charge in [-0.05, 0) is 6.92 Å². The van der Waals surface area contributed by atoms with E-state index in [4.69, 9.17) is 14.2 Å². The lowest BCUT2D eigenvalue weighted by atomic mass is 10.4. The van der Waals surface area contributed by atoms with Crippen molar-refractivity contribution in [1.82, 2.24) is 15.0 Å². The van der Waals surface area contributed by atoms with E-state index in [0.717, 1.165) is 0 Å². The molecular weight excluding hydrogens is 326 g/mol. The molecule has 1 aromatic rings. The number of carbonyl (C=O) groups excluding carboxylic acids is 1. The van der Waals surface area contributed by atoms with Crippen LogP contribution >= 0.6 is 0 Å². The first-order valence-electron chi connectivity index (χ1n) is 7.19. The quantitative estimate of drug-likeness (QED) is 0.361. The van der Waals surface area contributed by atoms with E-state index in [-0.39, 0.29) is 43.8 Å². The van der Waals surface area contributed by atoms with Crippen LogP contribution in [0.15, 0.2) is 50.1 Å². The molecule has 0 aliphatic heterocycles. The maximum absolute atomic E-state index is 10.2.